The second kappa shape index (κ2) is 6.35. The van der Waals surface area contributed by atoms with Crippen LogP contribution in [0.15, 0.2) is 36.4 Å². The number of carbonyl (C=O) groups is 3. The molecule has 0 heterocycles. The van der Waals surface area contributed by atoms with Gasteiger partial charge in [-0.05, 0) is 42.5 Å². The lowest BCUT2D eigenvalue weighted by Crippen LogP contribution is -2.48. The number of benzene rings is 1. The summed E-state index contributed by atoms with van der Waals surface area (Å²) in [5.74, 6) is -2.90. The minimum absolute atomic E-state index is 0.0889. The minimum atomic E-state index is -0.978. The maximum absolute atomic E-state index is 12.3. The number of carbonyl (C=O) groups excluding carboxylic acids is 2. The van der Waals surface area contributed by atoms with Crippen molar-refractivity contribution >= 4 is 17.8 Å². The van der Waals surface area contributed by atoms with E-state index in [0.717, 1.165) is 0 Å². The van der Waals surface area contributed by atoms with E-state index < -0.39 is 29.6 Å². The molecule has 1 fully saturated rings. The Bertz CT molecular complexity index is 697. The Labute approximate surface area is 138 Å². The highest BCUT2D eigenvalue weighted by atomic mass is 16.5. The van der Waals surface area contributed by atoms with Gasteiger partial charge < -0.3 is 9.84 Å². The summed E-state index contributed by atoms with van der Waals surface area (Å²) in [7, 11) is 1.53. The van der Waals surface area contributed by atoms with Crippen molar-refractivity contribution in [1.29, 1.82) is 0 Å². The van der Waals surface area contributed by atoms with Crippen LogP contribution in [0.1, 0.15) is 16.8 Å². The second-order valence-electron chi connectivity index (χ2n) is 6.01. The molecule has 2 aliphatic carbocycles. The van der Waals surface area contributed by atoms with Crippen molar-refractivity contribution in [2.75, 3.05) is 7.11 Å². The first-order valence-electron chi connectivity index (χ1n) is 7.66. The Morgan fingerprint density at radius 1 is 1.04 bits per heavy atom. The molecule has 7 nitrogen and oxygen atoms in total. The van der Waals surface area contributed by atoms with Crippen LogP contribution in [0.4, 0.5) is 0 Å². The fourth-order valence-electron chi connectivity index (χ4n) is 3.53. The monoisotopic (exact) mass is 330 g/mol. The van der Waals surface area contributed by atoms with Crippen LogP contribution in [-0.4, -0.2) is 30.0 Å². The summed E-state index contributed by atoms with van der Waals surface area (Å²) in [5, 5.41) is 9.35. The van der Waals surface area contributed by atoms with Crippen LogP contribution in [-0.2, 0) is 9.59 Å². The molecule has 0 aromatic heterocycles. The normalized spacial score (nSPS) is 26.9. The van der Waals surface area contributed by atoms with Gasteiger partial charge >= 0.3 is 5.97 Å². The predicted octanol–water partition coefficient (Wildman–Crippen LogP) is 0.979. The summed E-state index contributed by atoms with van der Waals surface area (Å²) < 4.78 is 5.01. The zero-order valence-corrected chi connectivity index (χ0v) is 13.1. The largest absolute Gasteiger partial charge is 0.497 e. The average Bonchev–Trinajstić information content (AvgIpc) is 3.20. The van der Waals surface area contributed by atoms with Gasteiger partial charge in [0.15, 0.2) is 0 Å². The number of hydrogen-bond donors (Lipinski definition) is 3. The number of carboxylic acids is 1. The van der Waals surface area contributed by atoms with Gasteiger partial charge in [0.25, 0.3) is 5.91 Å². The van der Waals surface area contributed by atoms with Crippen molar-refractivity contribution in [3.8, 4) is 5.75 Å². The molecule has 2 aliphatic rings. The number of amides is 2. The molecule has 0 radical (unpaired) electrons. The molecule has 0 spiro atoms. The summed E-state index contributed by atoms with van der Waals surface area (Å²) in [5.41, 5.74) is 5.05. The molecule has 0 aliphatic heterocycles. The summed E-state index contributed by atoms with van der Waals surface area (Å²) in [6, 6.07) is 6.41. The highest BCUT2D eigenvalue weighted by Gasteiger charge is 2.51. The third kappa shape index (κ3) is 2.84. The van der Waals surface area contributed by atoms with Crippen molar-refractivity contribution in [3.63, 3.8) is 0 Å². The number of carboxylic acid groups (broad SMARTS) is 1. The standard InChI is InChI=1S/C17H18N2O5/c1-24-12-6-4-9(5-7-12)15(20)18-19-16(21)13-10-2-3-11(8-10)14(13)17(22)23/h2-7,10-11,13-14H,8H2,1H3,(H,18,20)(H,19,21)(H,22,23). The van der Waals surface area contributed by atoms with Gasteiger partial charge in [-0.25, -0.2) is 0 Å². The lowest BCUT2D eigenvalue weighted by molar-refractivity contribution is -0.148. The van der Waals surface area contributed by atoms with Crippen molar-refractivity contribution in [3.05, 3.63) is 42.0 Å². The van der Waals surface area contributed by atoms with Crippen LogP contribution in [0, 0.1) is 23.7 Å². The van der Waals surface area contributed by atoms with Crippen LogP contribution < -0.4 is 15.6 Å². The van der Waals surface area contributed by atoms with E-state index in [-0.39, 0.29) is 11.8 Å². The van der Waals surface area contributed by atoms with Crippen molar-refractivity contribution in [1.82, 2.24) is 10.9 Å². The molecular weight excluding hydrogens is 312 g/mol. The van der Waals surface area contributed by atoms with Gasteiger partial charge in [0.1, 0.15) is 5.75 Å². The lowest BCUT2D eigenvalue weighted by atomic mass is 9.82. The molecule has 4 unspecified atom stereocenters. The fourth-order valence-corrected chi connectivity index (χ4v) is 3.53. The van der Waals surface area contributed by atoms with Gasteiger partial charge in [-0.2, -0.15) is 0 Å². The Balaban J connectivity index is 1.61. The highest BCUT2D eigenvalue weighted by Crippen LogP contribution is 2.48. The topological polar surface area (TPSA) is 105 Å². The van der Waals surface area contributed by atoms with Crippen LogP contribution in [0.25, 0.3) is 0 Å². The zero-order chi connectivity index (χ0) is 17.3. The maximum atomic E-state index is 12.3. The Kier molecular flexibility index (Phi) is 4.24. The quantitative estimate of drug-likeness (QED) is 0.564. The Morgan fingerprint density at radius 3 is 2.25 bits per heavy atom. The maximum Gasteiger partial charge on any atom is 0.307 e. The van der Waals surface area contributed by atoms with Gasteiger partial charge in [-0.15, -0.1) is 0 Å². The molecule has 1 aromatic rings. The number of rotatable bonds is 4. The first-order chi connectivity index (χ1) is 11.5. The van der Waals surface area contributed by atoms with E-state index in [1.54, 1.807) is 24.3 Å². The SMILES string of the molecule is COc1ccc(C(=O)NNC(=O)C2C3C=CC(C3)C2C(=O)O)cc1. The van der Waals surface area contributed by atoms with Crippen LogP contribution in [0.5, 0.6) is 5.75 Å². The van der Waals surface area contributed by atoms with E-state index in [1.165, 1.54) is 7.11 Å². The molecule has 4 atom stereocenters. The summed E-state index contributed by atoms with van der Waals surface area (Å²) >= 11 is 0. The first kappa shape index (κ1) is 16.0. The van der Waals surface area contributed by atoms with Gasteiger partial charge in [0.05, 0.1) is 18.9 Å². The number of nitrogens with one attached hydrogen (secondary N) is 2. The van der Waals surface area contributed by atoms with Crippen molar-refractivity contribution in [2.24, 2.45) is 23.7 Å². The van der Waals surface area contributed by atoms with Crippen molar-refractivity contribution < 1.29 is 24.2 Å². The molecule has 24 heavy (non-hydrogen) atoms. The number of allylic oxidation sites excluding steroid dienone is 2. The molecule has 2 bridgehead atoms. The number of hydrogen-bond acceptors (Lipinski definition) is 4. The van der Waals surface area contributed by atoms with E-state index in [2.05, 4.69) is 10.9 Å². The van der Waals surface area contributed by atoms with Crippen LogP contribution in [0.3, 0.4) is 0 Å². The lowest BCUT2D eigenvalue weighted by Gasteiger charge is -2.23. The molecule has 126 valence electrons. The van der Waals surface area contributed by atoms with E-state index in [9.17, 15) is 19.5 Å². The second-order valence-corrected chi connectivity index (χ2v) is 6.01. The van der Waals surface area contributed by atoms with Gasteiger partial charge in [0.2, 0.25) is 5.91 Å². The molecule has 0 saturated heterocycles. The predicted molar refractivity (Wildman–Crippen MR) is 84.0 cm³/mol. The van der Waals surface area contributed by atoms with E-state index >= 15 is 0 Å². The zero-order valence-electron chi connectivity index (χ0n) is 13.1. The van der Waals surface area contributed by atoms with Gasteiger partial charge in [-0.3, -0.25) is 25.2 Å². The van der Waals surface area contributed by atoms with Crippen LogP contribution >= 0.6 is 0 Å². The minimum Gasteiger partial charge on any atom is -0.497 e. The third-order valence-electron chi connectivity index (χ3n) is 4.70. The summed E-state index contributed by atoms with van der Waals surface area (Å²) in [4.78, 5) is 35.8. The molecule has 1 aromatic carbocycles. The van der Waals surface area contributed by atoms with E-state index in [0.29, 0.717) is 17.7 Å². The number of hydrazine groups is 1. The first-order valence-corrected chi connectivity index (χ1v) is 7.66. The molecule has 7 heteroatoms. The summed E-state index contributed by atoms with van der Waals surface area (Å²) in [6.45, 7) is 0. The number of aliphatic carboxylic acids is 1. The smallest absolute Gasteiger partial charge is 0.307 e. The van der Waals surface area contributed by atoms with Gasteiger partial charge in [-0.1, -0.05) is 12.2 Å². The Hall–Kier alpha value is -2.83. The van der Waals surface area contributed by atoms with E-state index in [1.807, 2.05) is 12.2 Å². The summed E-state index contributed by atoms with van der Waals surface area (Å²) in [6.07, 6.45) is 4.42. The van der Waals surface area contributed by atoms with Crippen LogP contribution in [0.2, 0.25) is 0 Å². The van der Waals surface area contributed by atoms with Gasteiger partial charge in [0, 0.05) is 5.56 Å². The molecule has 3 rings (SSSR count). The average molecular weight is 330 g/mol. The number of fused-ring (bicyclic) bond motifs is 2. The Morgan fingerprint density at radius 2 is 1.67 bits per heavy atom. The number of methoxy groups -OCH3 is 1. The third-order valence-corrected chi connectivity index (χ3v) is 4.70. The number of ether oxygens (including phenoxy) is 1. The van der Waals surface area contributed by atoms with E-state index in [4.69, 9.17) is 4.74 Å². The molecule has 2 amide bonds. The molecule has 3 N–H and O–H groups in total. The molecule has 1 saturated carbocycles. The van der Waals surface area contributed by atoms with Crippen molar-refractivity contribution in [2.45, 2.75) is 6.42 Å². The fraction of sp³-hybridized carbons (Fsp3) is 0.353. The molecular formula is C17H18N2O5. The highest BCUT2D eigenvalue weighted by molar-refractivity contribution is 5.96.